The number of amides is 5. The number of para-hydroxylation sites is 1. The van der Waals surface area contributed by atoms with Gasteiger partial charge in [-0.05, 0) is 130 Å². The molecule has 1 aliphatic carbocycles. The molecule has 0 unspecified atom stereocenters. The molecule has 5 amide bonds. The average Bonchev–Trinajstić information content (AvgIpc) is 1.58. The number of carbonyl (C=O) groups excluding carboxylic acids is 5. The molecular formula is C71H82F7N9O8S. The minimum Gasteiger partial charge on any atom is -0.446 e. The first-order valence-electron chi connectivity index (χ1n) is 32.7. The van der Waals surface area contributed by atoms with Crippen molar-refractivity contribution in [2.24, 2.45) is 0 Å². The van der Waals surface area contributed by atoms with Crippen LogP contribution in [0.3, 0.4) is 0 Å². The quantitative estimate of drug-likeness (QED) is 0.0390. The van der Waals surface area contributed by atoms with Gasteiger partial charge >= 0.3 is 18.4 Å². The molecule has 4 aliphatic rings. The summed E-state index contributed by atoms with van der Waals surface area (Å²) in [4.78, 5) is 82.2. The second kappa shape index (κ2) is 31.5. The van der Waals surface area contributed by atoms with E-state index in [0.717, 1.165) is 78.9 Å². The first kappa shape index (κ1) is 70.8. The number of thiazole rings is 1. The number of likely N-dealkylation sites (N-methyl/N-ethyl adjacent to an activating group) is 2. The lowest BCUT2D eigenvalue weighted by molar-refractivity contribution is -0.143. The van der Waals surface area contributed by atoms with Gasteiger partial charge in [-0.15, -0.1) is 0 Å². The van der Waals surface area contributed by atoms with Gasteiger partial charge in [-0.2, -0.15) is 26.3 Å². The standard InChI is InChI=1S/C71H82F7N9O8S/c1-82(32-14-33-84(3)65(91)60-45-80-66(96-60)79-31-13-5-8-21-62(88)83(2)39-40-85-34-26-56(27-35-85)95-67(92)81-59-20-12-10-18-57(59)49-15-6-4-7-16-49)63(89)46-93-61-43-50-17-9-11-19-58(50)68(61)28-36-86(37-29-68)38-30-69(52-22-24-55(72)25-23-52)47-87(48-94-69)64(90)51-41-53(70(73,74)75)44-54(42-51)71(76,77)78/h4,6-7,9-12,15-20,22-25,41-42,44-45,56,61H,5,8,13-14,21,26-40,43,46-48H2,1-3H3,(H,79,80)(H,81,92)/t61-,69+/m0/s1. The van der Waals surface area contributed by atoms with E-state index in [1.165, 1.54) is 35.6 Å². The van der Waals surface area contributed by atoms with Crippen LogP contribution in [0, 0.1) is 5.82 Å². The molecule has 1 aromatic heterocycles. The molecule has 3 saturated heterocycles. The number of hydrogen-bond acceptors (Lipinski definition) is 13. The Morgan fingerprint density at radius 1 is 0.719 bits per heavy atom. The molecule has 0 saturated carbocycles. The van der Waals surface area contributed by atoms with E-state index in [-0.39, 0.29) is 55.6 Å². The van der Waals surface area contributed by atoms with Gasteiger partial charge < -0.3 is 48.9 Å². The number of halogens is 7. The molecular weight excluding hydrogens is 1270 g/mol. The van der Waals surface area contributed by atoms with E-state index in [1.807, 2.05) is 73.8 Å². The van der Waals surface area contributed by atoms with Crippen LogP contribution in [0.15, 0.2) is 128 Å². The van der Waals surface area contributed by atoms with Crippen LogP contribution in [0.4, 0.5) is 46.3 Å². The van der Waals surface area contributed by atoms with Crippen molar-refractivity contribution in [1.29, 1.82) is 0 Å². The molecule has 17 nitrogen and oxygen atoms in total. The number of unbranched alkanes of at least 4 members (excludes halogenated alkanes) is 2. The Labute approximate surface area is 558 Å². The Balaban J connectivity index is 0.606. The number of ether oxygens (including phenoxy) is 3. The lowest BCUT2D eigenvalue weighted by Gasteiger charge is -2.44. The highest BCUT2D eigenvalue weighted by molar-refractivity contribution is 7.17. The monoisotopic (exact) mass is 1350 g/mol. The van der Waals surface area contributed by atoms with Gasteiger partial charge in [-0.3, -0.25) is 24.5 Å². The Hall–Kier alpha value is -7.97. The van der Waals surface area contributed by atoms with E-state index >= 15 is 0 Å². The van der Waals surface area contributed by atoms with Crippen molar-refractivity contribution in [3.8, 4) is 11.1 Å². The molecule has 5 aromatic carbocycles. The van der Waals surface area contributed by atoms with Gasteiger partial charge in [0.2, 0.25) is 11.8 Å². The van der Waals surface area contributed by atoms with E-state index in [9.17, 15) is 54.7 Å². The largest absolute Gasteiger partial charge is 0.446 e. The number of piperidine rings is 2. The third-order valence-corrected chi connectivity index (χ3v) is 20.0. The van der Waals surface area contributed by atoms with Crippen molar-refractivity contribution < 1.29 is 68.9 Å². The van der Waals surface area contributed by atoms with E-state index < -0.39 is 64.6 Å². The van der Waals surface area contributed by atoms with Crippen LogP contribution in [0.5, 0.6) is 0 Å². The van der Waals surface area contributed by atoms with Crippen LogP contribution in [0.2, 0.25) is 0 Å². The smallest absolute Gasteiger partial charge is 0.416 e. The van der Waals surface area contributed by atoms with Crippen LogP contribution in [-0.4, -0.2) is 183 Å². The number of likely N-dealkylation sites (tertiary alicyclic amines) is 2. The first-order chi connectivity index (χ1) is 46.0. The number of carbonyl (C=O) groups is 5. The summed E-state index contributed by atoms with van der Waals surface area (Å²) in [6.45, 7) is 5.15. The predicted octanol–water partition coefficient (Wildman–Crippen LogP) is 12.4. The molecule has 10 rings (SSSR count). The highest BCUT2D eigenvalue weighted by Crippen LogP contribution is 2.49. The fourth-order valence-corrected chi connectivity index (χ4v) is 14.2. The zero-order valence-corrected chi connectivity index (χ0v) is 55.0. The average molecular weight is 1350 g/mol. The minimum absolute atomic E-state index is 0.0297. The molecule has 6 aromatic rings. The van der Waals surface area contributed by atoms with E-state index in [4.69, 9.17) is 14.2 Å². The van der Waals surface area contributed by atoms with E-state index in [0.29, 0.717) is 111 Å². The molecule has 514 valence electrons. The third-order valence-electron chi connectivity index (χ3n) is 19.1. The van der Waals surface area contributed by atoms with Gasteiger partial charge in [0.25, 0.3) is 11.8 Å². The molecule has 4 heterocycles. The van der Waals surface area contributed by atoms with Crippen LogP contribution >= 0.6 is 11.3 Å². The third kappa shape index (κ3) is 17.8. The van der Waals surface area contributed by atoms with Crippen molar-refractivity contribution >= 4 is 51.9 Å². The molecule has 0 radical (unpaired) electrons. The summed E-state index contributed by atoms with van der Waals surface area (Å²) in [5, 5.41) is 6.86. The summed E-state index contributed by atoms with van der Waals surface area (Å²) >= 11 is 1.27. The number of nitrogens with one attached hydrogen (secondary N) is 2. The number of aromatic nitrogens is 1. The Morgan fingerprint density at radius 3 is 2.09 bits per heavy atom. The SMILES string of the molecule is CN(CCN1CCC(OC(=O)Nc2ccccc2-c2ccccc2)CC1)C(=O)CCCCCNc1ncc(C(=O)N(C)CCCN(C)C(=O)CO[C@H]2Cc3ccccc3C23CCN(CC[C@]2(c4ccc(F)cc4)CN(C(=O)c4cc(C(F)(F)F)cc(C(F)(F)F)c4)CO2)CC3)s1. The Bertz CT molecular complexity index is 3610. The second-order valence-corrected chi connectivity index (χ2v) is 26.5. The minimum atomic E-state index is -5.15. The number of fused-ring (bicyclic) bond motifs is 2. The fraction of sp³-hybridized carbons (Fsp3) is 0.465. The van der Waals surface area contributed by atoms with Crippen LogP contribution in [-0.2, 0) is 53.6 Å². The summed E-state index contributed by atoms with van der Waals surface area (Å²) in [6, 6.07) is 31.9. The molecule has 3 aliphatic heterocycles. The number of anilines is 2. The van der Waals surface area contributed by atoms with Crippen LogP contribution in [0.1, 0.15) is 112 Å². The van der Waals surface area contributed by atoms with Crippen LogP contribution < -0.4 is 10.6 Å². The first-order valence-corrected chi connectivity index (χ1v) is 33.5. The van der Waals surface area contributed by atoms with Crippen molar-refractivity contribution in [2.75, 3.05) is 117 Å². The number of alkyl halides is 6. The number of rotatable bonds is 26. The van der Waals surface area contributed by atoms with Gasteiger partial charge in [-0.25, -0.2) is 14.2 Å². The maximum atomic E-state index is 14.2. The summed E-state index contributed by atoms with van der Waals surface area (Å²) in [5.74, 6) is -1.89. The molecule has 2 atom stereocenters. The zero-order chi connectivity index (χ0) is 68.2. The van der Waals surface area contributed by atoms with Gasteiger partial charge in [0.1, 0.15) is 35.7 Å². The highest BCUT2D eigenvalue weighted by atomic mass is 32.1. The number of hydrogen-bond donors (Lipinski definition) is 2. The van der Waals surface area contributed by atoms with E-state index in [2.05, 4.69) is 37.6 Å². The molecule has 1 spiro atoms. The van der Waals surface area contributed by atoms with Crippen molar-refractivity contribution in [1.82, 2.24) is 34.4 Å². The summed E-state index contributed by atoms with van der Waals surface area (Å²) in [5.41, 5.74) is -0.273. The lowest BCUT2D eigenvalue weighted by Crippen LogP contribution is -2.50. The van der Waals surface area contributed by atoms with Gasteiger partial charge in [-0.1, -0.05) is 103 Å². The molecule has 0 bridgehead atoms. The van der Waals surface area contributed by atoms with E-state index in [1.54, 1.807) is 35.0 Å². The predicted molar refractivity (Wildman–Crippen MR) is 351 cm³/mol. The van der Waals surface area contributed by atoms with Crippen molar-refractivity contribution in [3.63, 3.8) is 0 Å². The Morgan fingerprint density at radius 2 is 1.38 bits per heavy atom. The molecule has 96 heavy (non-hydrogen) atoms. The lowest BCUT2D eigenvalue weighted by atomic mass is 9.72. The zero-order valence-electron chi connectivity index (χ0n) is 54.2. The number of nitrogens with zero attached hydrogens (tertiary/aromatic N) is 7. The van der Waals surface area contributed by atoms with Gasteiger partial charge in [0.15, 0.2) is 5.13 Å². The van der Waals surface area contributed by atoms with Crippen LogP contribution in [0.25, 0.3) is 11.1 Å². The maximum Gasteiger partial charge on any atom is 0.416 e. The maximum absolute atomic E-state index is 14.2. The molecule has 25 heteroatoms. The number of benzene rings is 5. The topological polar surface area (TPSA) is 169 Å². The van der Waals surface area contributed by atoms with Gasteiger partial charge in [0.05, 0.1) is 35.7 Å². The second-order valence-electron chi connectivity index (χ2n) is 25.4. The van der Waals surface area contributed by atoms with Crippen molar-refractivity contribution in [3.05, 3.63) is 172 Å². The van der Waals surface area contributed by atoms with Crippen molar-refractivity contribution in [2.45, 2.75) is 106 Å². The van der Waals surface area contributed by atoms with Gasteiger partial charge in [0, 0.05) is 96.5 Å². The fourth-order valence-electron chi connectivity index (χ4n) is 13.4. The Kier molecular flexibility index (Phi) is 23.2. The highest BCUT2D eigenvalue weighted by Gasteiger charge is 2.50. The summed E-state index contributed by atoms with van der Waals surface area (Å²) in [7, 11) is 5.26. The summed E-state index contributed by atoms with van der Waals surface area (Å²) < 4.78 is 116. The normalized spacial score (nSPS) is 18.3. The summed E-state index contributed by atoms with van der Waals surface area (Å²) in [6.07, 6.45) is -2.67. The molecule has 3 fully saturated rings. The molecule has 2 N–H and O–H groups in total.